The van der Waals surface area contributed by atoms with Gasteiger partial charge < -0.3 is 9.84 Å². The molecule has 1 N–H and O–H groups in total. The van der Waals surface area contributed by atoms with E-state index in [1.807, 2.05) is 6.92 Å². The van der Waals surface area contributed by atoms with Gasteiger partial charge in [0, 0.05) is 5.02 Å². The Balaban J connectivity index is 2.68. The summed E-state index contributed by atoms with van der Waals surface area (Å²) in [6.45, 7) is 1.52. The SMILES string of the molecule is Cc1ccc(OCC(=O)O)cc1Cl. The van der Waals surface area contributed by atoms with E-state index >= 15 is 0 Å². The molecule has 0 radical (unpaired) electrons. The summed E-state index contributed by atoms with van der Waals surface area (Å²) >= 11 is 5.80. The number of ether oxygens (including phenoxy) is 1. The Morgan fingerprint density at radius 1 is 1.62 bits per heavy atom. The van der Waals surface area contributed by atoms with Crippen LogP contribution in [0.5, 0.6) is 5.75 Å². The maximum Gasteiger partial charge on any atom is 0.341 e. The Morgan fingerprint density at radius 3 is 2.85 bits per heavy atom. The molecule has 3 nitrogen and oxygen atoms in total. The zero-order valence-electron chi connectivity index (χ0n) is 7.08. The van der Waals surface area contributed by atoms with Gasteiger partial charge in [-0.2, -0.15) is 0 Å². The lowest BCUT2D eigenvalue weighted by Gasteiger charge is -2.04. The monoisotopic (exact) mass is 200 g/mol. The first-order valence-corrected chi connectivity index (χ1v) is 4.08. The quantitative estimate of drug-likeness (QED) is 0.813. The number of carbonyl (C=O) groups is 1. The lowest BCUT2D eigenvalue weighted by Crippen LogP contribution is -2.09. The third kappa shape index (κ3) is 2.95. The number of benzene rings is 1. The lowest BCUT2D eigenvalue weighted by atomic mass is 10.2. The van der Waals surface area contributed by atoms with Crippen molar-refractivity contribution in [3.8, 4) is 5.75 Å². The van der Waals surface area contributed by atoms with Gasteiger partial charge in [-0.1, -0.05) is 17.7 Å². The summed E-state index contributed by atoms with van der Waals surface area (Å²) in [6.07, 6.45) is 0. The molecule has 0 aliphatic heterocycles. The Hall–Kier alpha value is -1.22. The van der Waals surface area contributed by atoms with Crippen LogP contribution in [0.3, 0.4) is 0 Å². The first-order chi connectivity index (χ1) is 6.09. The number of carboxylic acid groups (broad SMARTS) is 1. The molecule has 0 heterocycles. The molecule has 1 aromatic carbocycles. The van der Waals surface area contributed by atoms with Crippen molar-refractivity contribution in [3.63, 3.8) is 0 Å². The van der Waals surface area contributed by atoms with E-state index in [9.17, 15) is 4.79 Å². The van der Waals surface area contributed by atoms with Crippen molar-refractivity contribution < 1.29 is 14.6 Å². The van der Waals surface area contributed by atoms with Gasteiger partial charge in [-0.05, 0) is 24.6 Å². The van der Waals surface area contributed by atoms with E-state index in [0.29, 0.717) is 10.8 Å². The van der Waals surface area contributed by atoms with Crippen LogP contribution in [0.15, 0.2) is 18.2 Å². The molecule has 13 heavy (non-hydrogen) atoms. The number of hydrogen-bond acceptors (Lipinski definition) is 2. The van der Waals surface area contributed by atoms with Crippen LogP contribution in [0, 0.1) is 6.92 Å². The van der Waals surface area contributed by atoms with Crippen molar-refractivity contribution in [3.05, 3.63) is 28.8 Å². The highest BCUT2D eigenvalue weighted by Crippen LogP contribution is 2.21. The molecule has 0 fully saturated rings. The van der Waals surface area contributed by atoms with Crippen molar-refractivity contribution in [2.75, 3.05) is 6.61 Å². The largest absolute Gasteiger partial charge is 0.482 e. The first-order valence-electron chi connectivity index (χ1n) is 3.70. The molecule has 1 rings (SSSR count). The summed E-state index contributed by atoms with van der Waals surface area (Å²) < 4.78 is 4.92. The zero-order chi connectivity index (χ0) is 9.84. The van der Waals surface area contributed by atoms with Gasteiger partial charge in [0.1, 0.15) is 5.75 Å². The van der Waals surface area contributed by atoms with Crippen molar-refractivity contribution >= 4 is 17.6 Å². The van der Waals surface area contributed by atoms with E-state index < -0.39 is 5.97 Å². The van der Waals surface area contributed by atoms with E-state index in [0.717, 1.165) is 5.56 Å². The van der Waals surface area contributed by atoms with Crippen LogP contribution < -0.4 is 4.74 Å². The second kappa shape index (κ2) is 4.14. The topological polar surface area (TPSA) is 46.5 Å². The number of aryl methyl sites for hydroxylation is 1. The predicted octanol–water partition coefficient (Wildman–Crippen LogP) is 2.11. The van der Waals surface area contributed by atoms with Gasteiger partial charge in [0.25, 0.3) is 0 Å². The van der Waals surface area contributed by atoms with Gasteiger partial charge in [-0.3, -0.25) is 0 Å². The molecule has 70 valence electrons. The molecule has 0 spiro atoms. The maximum atomic E-state index is 10.2. The van der Waals surface area contributed by atoms with Crippen LogP contribution in [-0.4, -0.2) is 17.7 Å². The Bertz CT molecular complexity index is 323. The standard InChI is InChI=1S/C9H9ClO3/c1-6-2-3-7(4-8(6)10)13-5-9(11)12/h2-4H,5H2,1H3,(H,11,12). The molecule has 0 amide bonds. The van der Waals surface area contributed by atoms with Gasteiger partial charge >= 0.3 is 5.97 Å². The van der Waals surface area contributed by atoms with E-state index in [1.165, 1.54) is 0 Å². The second-order valence-corrected chi connectivity index (χ2v) is 3.00. The lowest BCUT2D eigenvalue weighted by molar-refractivity contribution is -0.139. The fourth-order valence-electron chi connectivity index (χ4n) is 0.808. The molecule has 0 aliphatic rings. The Morgan fingerprint density at radius 2 is 2.31 bits per heavy atom. The molecule has 0 saturated carbocycles. The molecular weight excluding hydrogens is 192 g/mol. The number of halogens is 1. The van der Waals surface area contributed by atoms with Gasteiger partial charge in [0.05, 0.1) is 0 Å². The summed E-state index contributed by atoms with van der Waals surface area (Å²) in [5, 5.41) is 8.91. The van der Waals surface area contributed by atoms with Gasteiger partial charge in [-0.15, -0.1) is 0 Å². The number of hydrogen-bond donors (Lipinski definition) is 1. The first kappa shape index (κ1) is 9.86. The highest BCUT2D eigenvalue weighted by Gasteiger charge is 2.01. The molecule has 0 aromatic heterocycles. The number of aliphatic carboxylic acids is 1. The normalized spacial score (nSPS) is 9.69. The van der Waals surface area contributed by atoms with E-state index in [2.05, 4.69) is 0 Å². The number of rotatable bonds is 3. The minimum Gasteiger partial charge on any atom is -0.482 e. The predicted molar refractivity (Wildman–Crippen MR) is 49.3 cm³/mol. The Labute approximate surface area is 80.9 Å². The average molecular weight is 201 g/mol. The molecule has 0 unspecified atom stereocenters. The molecule has 0 aliphatic carbocycles. The van der Waals surface area contributed by atoms with E-state index in [-0.39, 0.29) is 6.61 Å². The molecule has 0 saturated heterocycles. The summed E-state index contributed by atoms with van der Waals surface area (Å²) in [7, 11) is 0. The van der Waals surface area contributed by atoms with Crippen LogP contribution in [0.4, 0.5) is 0 Å². The van der Waals surface area contributed by atoms with Crippen molar-refractivity contribution in [1.29, 1.82) is 0 Å². The Kier molecular flexibility index (Phi) is 3.14. The summed E-state index contributed by atoms with van der Waals surface area (Å²) in [5.74, 6) is -0.533. The van der Waals surface area contributed by atoms with Gasteiger partial charge in [0.2, 0.25) is 0 Å². The minimum absolute atomic E-state index is 0.348. The molecule has 4 heteroatoms. The number of carboxylic acids is 1. The third-order valence-electron chi connectivity index (χ3n) is 1.51. The fraction of sp³-hybridized carbons (Fsp3) is 0.222. The molecule has 0 bridgehead atoms. The summed E-state index contributed by atoms with van der Waals surface area (Å²) in [4.78, 5) is 10.2. The highest BCUT2D eigenvalue weighted by molar-refractivity contribution is 6.31. The van der Waals surface area contributed by atoms with E-state index in [1.54, 1.807) is 18.2 Å². The van der Waals surface area contributed by atoms with Crippen molar-refractivity contribution in [2.24, 2.45) is 0 Å². The molecule has 0 atom stereocenters. The smallest absolute Gasteiger partial charge is 0.341 e. The van der Waals surface area contributed by atoms with Crippen molar-refractivity contribution in [2.45, 2.75) is 6.92 Å². The summed E-state index contributed by atoms with van der Waals surface area (Å²) in [6, 6.07) is 5.06. The van der Waals surface area contributed by atoms with Crippen LogP contribution in [0.1, 0.15) is 5.56 Å². The zero-order valence-corrected chi connectivity index (χ0v) is 7.84. The highest BCUT2D eigenvalue weighted by atomic mass is 35.5. The fourth-order valence-corrected chi connectivity index (χ4v) is 0.979. The molecular formula is C9H9ClO3. The van der Waals surface area contributed by atoms with Crippen LogP contribution >= 0.6 is 11.6 Å². The second-order valence-electron chi connectivity index (χ2n) is 2.59. The van der Waals surface area contributed by atoms with Gasteiger partial charge in [-0.25, -0.2) is 4.79 Å². The molecule has 1 aromatic rings. The average Bonchev–Trinajstić information content (AvgIpc) is 2.07. The van der Waals surface area contributed by atoms with Gasteiger partial charge in [0.15, 0.2) is 6.61 Å². The van der Waals surface area contributed by atoms with Crippen LogP contribution in [-0.2, 0) is 4.79 Å². The minimum atomic E-state index is -1.00. The van der Waals surface area contributed by atoms with Crippen LogP contribution in [0.2, 0.25) is 5.02 Å². The van der Waals surface area contributed by atoms with Crippen molar-refractivity contribution in [1.82, 2.24) is 0 Å². The summed E-state index contributed by atoms with van der Waals surface area (Å²) in [5.41, 5.74) is 0.935. The van der Waals surface area contributed by atoms with E-state index in [4.69, 9.17) is 21.4 Å². The maximum absolute atomic E-state index is 10.2. The third-order valence-corrected chi connectivity index (χ3v) is 1.91. The van der Waals surface area contributed by atoms with Crippen LogP contribution in [0.25, 0.3) is 0 Å².